The number of H-pyrrole nitrogens is 1. The number of hydrogen-bond donors (Lipinski definition) is 1. The van der Waals surface area contributed by atoms with Crippen LogP contribution in [0.1, 0.15) is 23.7 Å². The van der Waals surface area contributed by atoms with E-state index in [2.05, 4.69) is 4.98 Å². The van der Waals surface area contributed by atoms with Crippen molar-refractivity contribution in [1.29, 1.82) is 0 Å². The van der Waals surface area contributed by atoms with Crippen LogP contribution in [-0.2, 0) is 18.0 Å². The Morgan fingerprint density at radius 1 is 1.06 bits per heavy atom. The Morgan fingerprint density at radius 2 is 1.83 bits per heavy atom. The molecule has 0 saturated carbocycles. The fourth-order valence-corrected chi connectivity index (χ4v) is 1.83. The van der Waals surface area contributed by atoms with E-state index in [-0.39, 0.29) is 0 Å². The van der Waals surface area contributed by atoms with Crippen molar-refractivity contribution in [1.82, 2.24) is 4.98 Å². The zero-order chi connectivity index (χ0) is 12.8. The lowest BCUT2D eigenvalue weighted by molar-refractivity contribution is 0.104. The molecule has 0 aliphatic rings. The fourth-order valence-electron chi connectivity index (χ4n) is 1.83. The Kier molecular flexibility index (Phi) is 4.42. The molecule has 0 unspecified atom stereocenters. The van der Waals surface area contributed by atoms with Gasteiger partial charge in [0.25, 0.3) is 0 Å². The van der Waals surface area contributed by atoms with Crippen LogP contribution >= 0.6 is 0 Å². The summed E-state index contributed by atoms with van der Waals surface area (Å²) in [6.45, 7) is 5.90. The van der Waals surface area contributed by atoms with Gasteiger partial charge in [-0.15, -0.1) is 0 Å². The molecule has 1 heterocycles. The molecule has 0 saturated heterocycles. The van der Waals surface area contributed by atoms with Gasteiger partial charge >= 0.3 is 0 Å². The van der Waals surface area contributed by atoms with Crippen LogP contribution < -0.4 is 4.74 Å². The number of nitrogens with one attached hydrogen (secondary N) is 1. The molecular weight excluding hydrogens is 226 g/mol. The minimum atomic E-state index is 0.570. The van der Waals surface area contributed by atoms with Gasteiger partial charge in [-0.1, -0.05) is 18.2 Å². The maximum atomic E-state index is 5.73. The van der Waals surface area contributed by atoms with Crippen molar-refractivity contribution in [2.75, 3.05) is 6.61 Å². The number of benzene rings is 1. The molecule has 0 bridgehead atoms. The molecule has 2 aromatic rings. The summed E-state index contributed by atoms with van der Waals surface area (Å²) in [7, 11) is 0. The van der Waals surface area contributed by atoms with Crippen molar-refractivity contribution in [3.05, 3.63) is 53.3 Å². The first-order valence-corrected chi connectivity index (χ1v) is 6.22. The lowest BCUT2D eigenvalue weighted by Gasteiger charge is -2.10. The van der Waals surface area contributed by atoms with Gasteiger partial charge in [-0.05, 0) is 31.5 Å². The second-order valence-electron chi connectivity index (χ2n) is 4.16. The van der Waals surface area contributed by atoms with E-state index in [0.717, 1.165) is 17.0 Å². The topological polar surface area (TPSA) is 34.2 Å². The lowest BCUT2D eigenvalue weighted by atomic mass is 10.2. The maximum absolute atomic E-state index is 5.73. The van der Waals surface area contributed by atoms with Crippen LogP contribution in [0.2, 0.25) is 0 Å². The van der Waals surface area contributed by atoms with Crippen molar-refractivity contribution < 1.29 is 9.47 Å². The highest BCUT2D eigenvalue weighted by Crippen LogP contribution is 2.19. The van der Waals surface area contributed by atoms with Gasteiger partial charge in [0.1, 0.15) is 5.75 Å². The van der Waals surface area contributed by atoms with E-state index in [1.807, 2.05) is 50.4 Å². The number of aryl methyl sites for hydroxylation is 1. The number of aromatic nitrogens is 1. The largest absolute Gasteiger partial charge is 0.494 e. The molecule has 0 fully saturated rings. The molecule has 2 rings (SSSR count). The second kappa shape index (κ2) is 6.26. The van der Waals surface area contributed by atoms with E-state index in [1.54, 1.807) is 0 Å². The van der Waals surface area contributed by atoms with Crippen LogP contribution in [0.3, 0.4) is 0 Å². The average molecular weight is 245 g/mol. The van der Waals surface area contributed by atoms with Gasteiger partial charge in [0.2, 0.25) is 0 Å². The molecule has 3 heteroatoms. The number of hydrogen-bond acceptors (Lipinski definition) is 2. The molecule has 3 nitrogen and oxygen atoms in total. The van der Waals surface area contributed by atoms with Gasteiger partial charge in [0.05, 0.1) is 19.8 Å². The number of ether oxygens (including phenoxy) is 2. The summed E-state index contributed by atoms with van der Waals surface area (Å²) < 4.78 is 11.3. The van der Waals surface area contributed by atoms with Gasteiger partial charge in [-0.3, -0.25) is 0 Å². The Hall–Kier alpha value is -1.74. The zero-order valence-electron chi connectivity index (χ0n) is 10.9. The third-order valence-corrected chi connectivity index (χ3v) is 2.85. The van der Waals surface area contributed by atoms with Crippen LogP contribution in [0.5, 0.6) is 5.75 Å². The predicted molar refractivity (Wildman–Crippen MR) is 71.6 cm³/mol. The van der Waals surface area contributed by atoms with E-state index >= 15 is 0 Å². The van der Waals surface area contributed by atoms with E-state index in [0.29, 0.717) is 19.8 Å². The van der Waals surface area contributed by atoms with Gasteiger partial charge in [0, 0.05) is 17.5 Å². The highest BCUT2D eigenvalue weighted by Gasteiger charge is 2.04. The van der Waals surface area contributed by atoms with Crippen molar-refractivity contribution in [2.45, 2.75) is 27.1 Å². The Labute approximate surface area is 108 Å². The minimum Gasteiger partial charge on any atom is -0.494 e. The number of rotatable bonds is 6. The molecule has 0 aliphatic carbocycles. The standard InChI is InChI=1S/C15H19NO2/c1-3-18-15-7-5-4-6-14(15)11-17-10-13-8-9-16-12(13)2/h4-9,16H,3,10-11H2,1-2H3. The summed E-state index contributed by atoms with van der Waals surface area (Å²) in [5, 5.41) is 0. The van der Waals surface area contributed by atoms with Gasteiger partial charge in [0.15, 0.2) is 0 Å². The molecule has 0 radical (unpaired) electrons. The first-order chi connectivity index (χ1) is 8.81. The van der Waals surface area contributed by atoms with E-state index in [9.17, 15) is 0 Å². The second-order valence-corrected chi connectivity index (χ2v) is 4.16. The predicted octanol–water partition coefficient (Wildman–Crippen LogP) is 3.44. The van der Waals surface area contributed by atoms with Crippen LogP contribution in [0.25, 0.3) is 0 Å². The lowest BCUT2D eigenvalue weighted by Crippen LogP contribution is -1.99. The molecule has 1 aromatic heterocycles. The van der Waals surface area contributed by atoms with Gasteiger partial charge in [-0.25, -0.2) is 0 Å². The Bertz CT molecular complexity index is 491. The molecule has 0 aliphatic heterocycles. The third kappa shape index (κ3) is 3.14. The fraction of sp³-hybridized carbons (Fsp3) is 0.333. The van der Waals surface area contributed by atoms with E-state index in [1.165, 1.54) is 5.56 Å². The van der Waals surface area contributed by atoms with Crippen molar-refractivity contribution in [2.24, 2.45) is 0 Å². The summed E-state index contributed by atoms with van der Waals surface area (Å²) >= 11 is 0. The smallest absolute Gasteiger partial charge is 0.124 e. The maximum Gasteiger partial charge on any atom is 0.124 e. The molecule has 0 atom stereocenters. The SMILES string of the molecule is CCOc1ccccc1COCc1cc[nH]c1C. The summed E-state index contributed by atoms with van der Waals surface area (Å²) in [6, 6.07) is 10.0. The molecule has 1 N–H and O–H groups in total. The van der Waals surface area contributed by atoms with Crippen molar-refractivity contribution in [3.8, 4) is 5.75 Å². The van der Waals surface area contributed by atoms with Gasteiger partial charge in [-0.2, -0.15) is 0 Å². The summed E-state index contributed by atoms with van der Waals surface area (Å²) in [5.74, 6) is 0.908. The quantitative estimate of drug-likeness (QED) is 0.846. The first-order valence-electron chi connectivity index (χ1n) is 6.22. The summed E-state index contributed by atoms with van der Waals surface area (Å²) in [4.78, 5) is 3.14. The molecule has 0 amide bonds. The van der Waals surface area contributed by atoms with Gasteiger partial charge < -0.3 is 14.5 Å². The Balaban J connectivity index is 1.92. The van der Waals surface area contributed by atoms with Crippen molar-refractivity contribution >= 4 is 0 Å². The third-order valence-electron chi connectivity index (χ3n) is 2.85. The normalized spacial score (nSPS) is 10.6. The first kappa shape index (κ1) is 12.7. The number of aromatic amines is 1. The van der Waals surface area contributed by atoms with Crippen LogP contribution in [0.15, 0.2) is 36.5 Å². The molecular formula is C15H19NO2. The minimum absolute atomic E-state index is 0.570. The highest BCUT2D eigenvalue weighted by molar-refractivity contribution is 5.32. The highest BCUT2D eigenvalue weighted by atomic mass is 16.5. The molecule has 1 aromatic carbocycles. The monoisotopic (exact) mass is 245 g/mol. The zero-order valence-corrected chi connectivity index (χ0v) is 10.9. The summed E-state index contributed by atoms with van der Waals surface area (Å²) in [5.41, 5.74) is 3.45. The average Bonchev–Trinajstić information content (AvgIpc) is 2.78. The van der Waals surface area contributed by atoms with E-state index < -0.39 is 0 Å². The Morgan fingerprint density at radius 3 is 2.56 bits per heavy atom. The van der Waals surface area contributed by atoms with Crippen LogP contribution in [0, 0.1) is 6.92 Å². The van der Waals surface area contributed by atoms with Crippen LogP contribution in [0.4, 0.5) is 0 Å². The summed E-state index contributed by atoms with van der Waals surface area (Å²) in [6.07, 6.45) is 1.93. The molecule has 18 heavy (non-hydrogen) atoms. The molecule has 0 spiro atoms. The van der Waals surface area contributed by atoms with Crippen LogP contribution in [-0.4, -0.2) is 11.6 Å². The van der Waals surface area contributed by atoms with Crippen molar-refractivity contribution in [3.63, 3.8) is 0 Å². The number of para-hydroxylation sites is 1. The molecule has 96 valence electrons. The van der Waals surface area contributed by atoms with E-state index in [4.69, 9.17) is 9.47 Å².